The van der Waals surface area contributed by atoms with Gasteiger partial charge < -0.3 is 0 Å². The van der Waals surface area contributed by atoms with Crippen molar-refractivity contribution in [1.82, 2.24) is 9.55 Å². The molecule has 11 rings (SSSR count). The van der Waals surface area contributed by atoms with Crippen molar-refractivity contribution >= 4 is 40.0 Å². The van der Waals surface area contributed by atoms with Crippen LogP contribution in [0.4, 0.5) is 17.2 Å². The maximum Gasteiger partial charge on any atom is 0.255 e. The average Bonchev–Trinajstić information content (AvgIpc) is 3.61. The minimum atomic E-state index is -0.102. The van der Waals surface area contributed by atoms with Crippen LogP contribution in [0.5, 0.6) is 0 Å². The highest BCUT2D eigenvalue weighted by molar-refractivity contribution is 7.99. The molecule has 0 bridgehead atoms. The summed E-state index contributed by atoms with van der Waals surface area (Å²) in [6.07, 6.45) is 4.16. The zero-order valence-electron chi connectivity index (χ0n) is 34.5. The van der Waals surface area contributed by atoms with Crippen LogP contribution in [-0.2, 0) is 10.8 Å². The summed E-state index contributed by atoms with van der Waals surface area (Å²) in [4.78, 5) is 9.68. The van der Waals surface area contributed by atoms with Crippen molar-refractivity contribution in [3.05, 3.63) is 199 Å². The molecule has 290 valence electrons. The van der Waals surface area contributed by atoms with E-state index in [9.17, 15) is 0 Å². The fraction of sp³-hybridized carbons (Fsp3) is 0.127. The van der Waals surface area contributed by atoms with E-state index >= 15 is 0 Å². The summed E-state index contributed by atoms with van der Waals surface area (Å²) < 4.78 is 4.73. The smallest absolute Gasteiger partial charge is 0.255 e. The van der Waals surface area contributed by atoms with E-state index in [-0.39, 0.29) is 10.8 Å². The van der Waals surface area contributed by atoms with Crippen molar-refractivity contribution < 1.29 is 4.57 Å². The molecule has 0 unspecified atom stereocenters. The Bertz CT molecular complexity index is 3130. The van der Waals surface area contributed by atoms with Crippen molar-refractivity contribution in [2.75, 3.05) is 4.90 Å². The molecule has 7 aromatic carbocycles. The molecule has 0 atom stereocenters. The highest BCUT2D eigenvalue weighted by Crippen LogP contribution is 2.52. The van der Waals surface area contributed by atoms with Gasteiger partial charge in [0.2, 0.25) is 0 Å². The van der Waals surface area contributed by atoms with E-state index in [0.29, 0.717) is 0 Å². The largest absolute Gasteiger partial charge is 0.294 e. The van der Waals surface area contributed by atoms with E-state index < -0.39 is 0 Å². The number of benzene rings is 7. The summed E-state index contributed by atoms with van der Waals surface area (Å²) in [5.74, 6) is 0.881. The number of hydrogen-bond acceptors (Lipinski definition) is 3. The highest BCUT2D eigenvalue weighted by atomic mass is 32.2. The molecule has 9 aromatic rings. The van der Waals surface area contributed by atoms with Crippen LogP contribution < -0.4 is 9.47 Å². The van der Waals surface area contributed by atoms with Gasteiger partial charge in [-0.3, -0.25) is 4.90 Å². The number of para-hydroxylation sites is 2. The van der Waals surface area contributed by atoms with Gasteiger partial charge in [0.05, 0.1) is 11.4 Å². The zero-order valence-corrected chi connectivity index (χ0v) is 35.3. The van der Waals surface area contributed by atoms with Gasteiger partial charge in [-0.1, -0.05) is 156 Å². The zero-order chi connectivity index (χ0) is 40.8. The second-order valence-electron chi connectivity index (χ2n) is 17.6. The Balaban J connectivity index is 1.03. The third-order valence-corrected chi connectivity index (χ3v) is 13.5. The van der Waals surface area contributed by atoms with Gasteiger partial charge in [0, 0.05) is 43.7 Å². The molecule has 2 aliphatic heterocycles. The SMILES string of the molecule is CC(C)(C)c1ccc(-c2ccc3c(c2)N(c2ccccn2)c2cc(Sc4cccc(-n5c[n+]6c7c(cccc75)C(C)(C)c5ccccc5-6)c4)ccc2-c2ccccc2-3)cc1. The van der Waals surface area contributed by atoms with Crippen LogP contribution in [0.3, 0.4) is 0 Å². The normalized spacial score (nSPS) is 13.6. The summed E-state index contributed by atoms with van der Waals surface area (Å²) in [6, 6.07) is 62.4. The number of nitrogens with zero attached hydrogens (tertiary/aromatic N) is 4. The minimum Gasteiger partial charge on any atom is -0.294 e. The lowest BCUT2D eigenvalue weighted by molar-refractivity contribution is -0.570. The van der Waals surface area contributed by atoms with E-state index in [4.69, 9.17) is 4.98 Å². The lowest BCUT2D eigenvalue weighted by Crippen LogP contribution is -2.40. The summed E-state index contributed by atoms with van der Waals surface area (Å²) in [5, 5.41) is 0. The first-order valence-electron chi connectivity index (χ1n) is 20.8. The predicted molar refractivity (Wildman–Crippen MR) is 249 cm³/mol. The van der Waals surface area contributed by atoms with E-state index in [1.54, 1.807) is 11.8 Å². The maximum atomic E-state index is 4.99. The molecule has 0 N–H and O–H groups in total. The van der Waals surface area contributed by atoms with Crippen LogP contribution in [-0.4, -0.2) is 9.55 Å². The molecular formula is C55H45N4S+. The summed E-state index contributed by atoms with van der Waals surface area (Å²) in [5.41, 5.74) is 18.2. The predicted octanol–water partition coefficient (Wildman–Crippen LogP) is 14.2. The standard InChI is InChI=1S/C55H45N4S/c1-54(2,3)38-26-23-36(24-27-38)37-25-29-44-42-16-6-7-17-43(42)45-30-28-41(34-51(45)59(50(44)32-37)52-22-10-11-31-56-52)60-40-15-12-14-39(33-40)57-35-58-48-20-9-8-18-46(48)55(4,5)47-19-13-21-49(57)53(47)58/h6-35H,1-5H3/q+1. The van der Waals surface area contributed by atoms with Gasteiger partial charge in [0.25, 0.3) is 6.33 Å². The number of hydrogen-bond donors (Lipinski definition) is 0. The maximum absolute atomic E-state index is 4.99. The molecule has 2 aliphatic rings. The molecule has 4 nitrogen and oxygen atoms in total. The molecule has 2 aromatic heterocycles. The van der Waals surface area contributed by atoms with Gasteiger partial charge in [-0.25, -0.2) is 4.98 Å². The minimum absolute atomic E-state index is 0.0899. The Hall–Kier alpha value is -6.69. The second-order valence-corrected chi connectivity index (χ2v) is 18.7. The highest BCUT2D eigenvalue weighted by Gasteiger charge is 2.38. The molecule has 4 heterocycles. The molecule has 0 spiro atoms. The van der Waals surface area contributed by atoms with Crippen molar-refractivity contribution in [1.29, 1.82) is 0 Å². The van der Waals surface area contributed by atoms with Gasteiger partial charge in [0.15, 0.2) is 11.0 Å². The van der Waals surface area contributed by atoms with Crippen LogP contribution in [0.1, 0.15) is 51.3 Å². The summed E-state index contributed by atoms with van der Waals surface area (Å²) in [6.45, 7) is 11.5. The summed E-state index contributed by atoms with van der Waals surface area (Å²) in [7, 11) is 0. The van der Waals surface area contributed by atoms with Crippen LogP contribution in [0.2, 0.25) is 0 Å². The first-order valence-corrected chi connectivity index (χ1v) is 21.6. The molecule has 0 amide bonds. The lowest BCUT2D eigenvalue weighted by atomic mass is 9.75. The van der Waals surface area contributed by atoms with Crippen LogP contribution in [0.15, 0.2) is 192 Å². The molecular weight excluding hydrogens is 749 g/mol. The van der Waals surface area contributed by atoms with Gasteiger partial charge >= 0.3 is 0 Å². The van der Waals surface area contributed by atoms with Crippen molar-refractivity contribution in [3.8, 4) is 44.8 Å². The number of fused-ring (bicyclic) bond motifs is 7. The molecule has 5 heteroatoms. The Morgan fingerprint density at radius 3 is 2.00 bits per heavy atom. The van der Waals surface area contributed by atoms with Crippen molar-refractivity contribution in [3.63, 3.8) is 0 Å². The molecule has 0 saturated carbocycles. The summed E-state index contributed by atoms with van der Waals surface area (Å²) >= 11 is 1.79. The van der Waals surface area contributed by atoms with Crippen LogP contribution in [0, 0.1) is 0 Å². The molecule has 0 fully saturated rings. The third-order valence-electron chi connectivity index (χ3n) is 12.5. The number of rotatable bonds is 5. The number of imidazole rings is 1. The van der Waals surface area contributed by atoms with E-state index in [1.165, 1.54) is 71.7 Å². The Morgan fingerprint density at radius 2 is 1.23 bits per heavy atom. The molecule has 0 saturated heterocycles. The van der Waals surface area contributed by atoms with Gasteiger partial charge in [-0.2, -0.15) is 9.13 Å². The fourth-order valence-corrected chi connectivity index (χ4v) is 10.3. The molecule has 60 heavy (non-hydrogen) atoms. The van der Waals surface area contributed by atoms with Crippen molar-refractivity contribution in [2.24, 2.45) is 0 Å². The number of aromatic nitrogens is 3. The quantitative estimate of drug-likeness (QED) is 0.162. The lowest BCUT2D eigenvalue weighted by Gasteiger charge is -2.30. The van der Waals surface area contributed by atoms with Gasteiger partial charge in [-0.15, -0.1) is 0 Å². The van der Waals surface area contributed by atoms with E-state index in [2.05, 4.69) is 219 Å². The van der Waals surface area contributed by atoms with E-state index in [0.717, 1.165) is 27.8 Å². The van der Waals surface area contributed by atoms with Gasteiger partial charge in [0.1, 0.15) is 17.2 Å². The Kier molecular flexibility index (Phi) is 8.30. The number of pyridine rings is 1. The third kappa shape index (κ3) is 5.83. The van der Waals surface area contributed by atoms with Gasteiger partial charge in [-0.05, 0) is 93.9 Å². The fourth-order valence-electron chi connectivity index (χ4n) is 9.39. The monoisotopic (exact) mass is 793 g/mol. The second kappa shape index (κ2) is 13.7. The molecule has 0 aliphatic carbocycles. The topological polar surface area (TPSA) is 24.9 Å². The average molecular weight is 794 g/mol. The first-order chi connectivity index (χ1) is 29.1. The molecule has 0 radical (unpaired) electrons. The van der Waals surface area contributed by atoms with Crippen molar-refractivity contribution in [2.45, 2.75) is 55.2 Å². The first kappa shape index (κ1) is 36.4. The van der Waals surface area contributed by atoms with Crippen LogP contribution >= 0.6 is 11.8 Å². The Labute approximate surface area is 356 Å². The number of anilines is 3. The van der Waals surface area contributed by atoms with Crippen LogP contribution in [0.25, 0.3) is 55.8 Å². The van der Waals surface area contributed by atoms with E-state index in [1.807, 2.05) is 12.3 Å². The Morgan fingerprint density at radius 1 is 0.567 bits per heavy atom.